The van der Waals surface area contributed by atoms with Crippen molar-refractivity contribution in [1.82, 2.24) is 15.5 Å². The molecule has 6 nitrogen and oxygen atoms in total. The van der Waals surface area contributed by atoms with Gasteiger partial charge in [-0.25, -0.2) is 0 Å². The molecule has 2 aromatic rings. The van der Waals surface area contributed by atoms with Crippen LogP contribution in [0, 0.1) is 5.92 Å². The van der Waals surface area contributed by atoms with Crippen LogP contribution in [0.1, 0.15) is 17.4 Å². The Balaban J connectivity index is 1.77. The monoisotopic (exact) mass is 349 g/mol. The van der Waals surface area contributed by atoms with Crippen LogP contribution in [0.15, 0.2) is 41.6 Å². The molecule has 0 spiro atoms. The Labute approximate surface area is 143 Å². The maximum absolute atomic E-state index is 12.1. The number of nitrogens with zero attached hydrogens (tertiary/aromatic N) is 4. The quantitative estimate of drug-likeness (QED) is 0.904. The lowest BCUT2D eigenvalue weighted by Crippen LogP contribution is -2.34. The molecule has 1 aliphatic heterocycles. The first-order valence-electron chi connectivity index (χ1n) is 6.94. The first kappa shape index (κ1) is 15.7. The minimum Gasteiger partial charge on any atom is -0.307 e. The number of amides is 1. The summed E-state index contributed by atoms with van der Waals surface area (Å²) >= 11 is 12.0. The van der Waals surface area contributed by atoms with E-state index in [1.165, 1.54) is 6.20 Å². The number of hydrazone groups is 1. The summed E-state index contributed by atoms with van der Waals surface area (Å²) in [6, 6.07) is 8.55. The van der Waals surface area contributed by atoms with Crippen LogP contribution in [0.4, 0.5) is 5.69 Å². The number of hydrogen-bond acceptors (Lipinski definition) is 5. The standard InChI is InChI=1S/C15H13Cl2N5O/c1-9-8-22(10-4-5-11(16)12(17)7-10)21-14(9)19-15(23)13-3-2-6-18-20-13/h2-7,9H,8H2,1H3,(H,19,21,23). The third-order valence-corrected chi connectivity index (χ3v) is 4.13. The third-order valence-electron chi connectivity index (χ3n) is 3.39. The van der Waals surface area contributed by atoms with Gasteiger partial charge in [0.1, 0.15) is 5.84 Å². The van der Waals surface area contributed by atoms with Crippen LogP contribution >= 0.6 is 23.2 Å². The Kier molecular flexibility index (Phi) is 4.45. The Bertz CT molecular complexity index is 766. The summed E-state index contributed by atoms with van der Waals surface area (Å²) in [6.45, 7) is 2.61. The molecule has 1 N–H and O–H groups in total. The molecule has 3 rings (SSSR count). The van der Waals surface area contributed by atoms with Crippen LogP contribution in [-0.4, -0.2) is 28.5 Å². The molecule has 1 amide bonds. The number of halogens is 2. The van der Waals surface area contributed by atoms with Crippen molar-refractivity contribution in [3.8, 4) is 0 Å². The second-order valence-corrected chi connectivity index (χ2v) is 5.94. The summed E-state index contributed by atoms with van der Waals surface area (Å²) in [5.41, 5.74) is 1.06. The largest absolute Gasteiger partial charge is 0.307 e. The van der Waals surface area contributed by atoms with E-state index in [0.717, 1.165) is 5.69 Å². The molecule has 0 radical (unpaired) electrons. The van der Waals surface area contributed by atoms with Gasteiger partial charge in [0.15, 0.2) is 5.69 Å². The summed E-state index contributed by atoms with van der Waals surface area (Å²) < 4.78 is 0. The molecule has 8 heteroatoms. The van der Waals surface area contributed by atoms with E-state index in [2.05, 4.69) is 20.6 Å². The SMILES string of the molecule is CC1CN(c2ccc(Cl)c(Cl)c2)N=C1NC(=O)c1cccnn1. The average molecular weight is 350 g/mol. The maximum Gasteiger partial charge on any atom is 0.277 e. The predicted octanol–water partition coefficient (Wildman–Crippen LogP) is 2.98. The second-order valence-electron chi connectivity index (χ2n) is 5.13. The molecule has 0 bridgehead atoms. The number of nitrogens with one attached hydrogen (secondary N) is 1. The van der Waals surface area contributed by atoms with Gasteiger partial charge in [0.2, 0.25) is 0 Å². The topological polar surface area (TPSA) is 70.5 Å². The molecule has 2 heterocycles. The number of benzene rings is 1. The van der Waals surface area contributed by atoms with Gasteiger partial charge < -0.3 is 5.32 Å². The van der Waals surface area contributed by atoms with Crippen molar-refractivity contribution in [3.05, 3.63) is 52.3 Å². The molecule has 118 valence electrons. The lowest BCUT2D eigenvalue weighted by atomic mass is 10.1. The molecule has 1 unspecified atom stereocenters. The molecular formula is C15H13Cl2N5O. The van der Waals surface area contributed by atoms with Crippen LogP contribution in [-0.2, 0) is 0 Å². The molecule has 0 aliphatic carbocycles. The fourth-order valence-electron chi connectivity index (χ4n) is 2.18. The lowest BCUT2D eigenvalue weighted by molar-refractivity contribution is 0.0970. The highest BCUT2D eigenvalue weighted by molar-refractivity contribution is 6.42. The summed E-state index contributed by atoms with van der Waals surface area (Å²) in [5.74, 6) is 0.302. The minimum absolute atomic E-state index is 0.0603. The van der Waals surface area contributed by atoms with Gasteiger partial charge in [0.25, 0.3) is 5.91 Å². The summed E-state index contributed by atoms with van der Waals surface area (Å²) in [6.07, 6.45) is 1.51. The van der Waals surface area contributed by atoms with Crippen LogP contribution in [0.3, 0.4) is 0 Å². The van der Waals surface area contributed by atoms with E-state index in [9.17, 15) is 4.79 Å². The highest BCUT2D eigenvalue weighted by atomic mass is 35.5. The third kappa shape index (κ3) is 3.43. The second kappa shape index (κ2) is 6.52. The van der Waals surface area contributed by atoms with Crippen molar-refractivity contribution in [3.63, 3.8) is 0 Å². The van der Waals surface area contributed by atoms with Gasteiger partial charge in [0, 0.05) is 12.1 Å². The van der Waals surface area contributed by atoms with Crippen LogP contribution < -0.4 is 10.3 Å². The smallest absolute Gasteiger partial charge is 0.277 e. The molecule has 1 aliphatic rings. The molecule has 1 aromatic carbocycles. The van der Waals surface area contributed by atoms with Crippen molar-refractivity contribution in [2.75, 3.05) is 11.6 Å². The first-order valence-corrected chi connectivity index (χ1v) is 7.70. The van der Waals surface area contributed by atoms with E-state index in [1.54, 1.807) is 29.3 Å². The van der Waals surface area contributed by atoms with E-state index in [0.29, 0.717) is 22.4 Å². The number of carbonyl (C=O) groups is 1. The zero-order valence-corrected chi connectivity index (χ0v) is 13.7. The van der Waals surface area contributed by atoms with Crippen LogP contribution in [0.5, 0.6) is 0 Å². The highest BCUT2D eigenvalue weighted by Crippen LogP contribution is 2.29. The number of aromatic nitrogens is 2. The van der Waals surface area contributed by atoms with Crippen molar-refractivity contribution in [2.45, 2.75) is 6.92 Å². The predicted molar refractivity (Wildman–Crippen MR) is 89.9 cm³/mol. The van der Waals surface area contributed by atoms with Gasteiger partial charge in [-0.15, -0.1) is 5.10 Å². The Morgan fingerprint density at radius 2 is 2.13 bits per heavy atom. The van der Waals surface area contributed by atoms with Crippen LogP contribution in [0.25, 0.3) is 0 Å². The molecule has 0 fully saturated rings. The number of carbonyl (C=O) groups excluding carboxylic acids is 1. The number of rotatable bonds is 2. The Morgan fingerprint density at radius 3 is 2.83 bits per heavy atom. The van der Waals surface area contributed by atoms with Gasteiger partial charge in [-0.1, -0.05) is 30.1 Å². The summed E-state index contributed by atoms with van der Waals surface area (Å²) in [5, 5.41) is 17.4. The maximum atomic E-state index is 12.1. The average Bonchev–Trinajstić information content (AvgIpc) is 2.92. The normalized spacial score (nSPS) is 17.1. The van der Waals surface area contributed by atoms with E-state index in [1.807, 2.05) is 13.0 Å². The zero-order valence-electron chi connectivity index (χ0n) is 12.2. The van der Waals surface area contributed by atoms with Crippen molar-refractivity contribution < 1.29 is 4.79 Å². The Hall–Kier alpha value is -2.18. The van der Waals surface area contributed by atoms with E-state index in [-0.39, 0.29) is 17.5 Å². The van der Waals surface area contributed by atoms with Gasteiger partial charge in [0.05, 0.1) is 22.3 Å². The fraction of sp³-hybridized carbons (Fsp3) is 0.200. The number of amidine groups is 1. The first-order chi connectivity index (χ1) is 11.0. The van der Waals surface area contributed by atoms with Crippen molar-refractivity contribution >= 4 is 40.6 Å². The van der Waals surface area contributed by atoms with Crippen molar-refractivity contribution in [1.29, 1.82) is 0 Å². The minimum atomic E-state index is -0.334. The number of hydrogen-bond donors (Lipinski definition) is 1. The summed E-state index contributed by atoms with van der Waals surface area (Å²) in [7, 11) is 0. The molecule has 0 saturated carbocycles. The van der Waals surface area contributed by atoms with E-state index < -0.39 is 0 Å². The Morgan fingerprint density at radius 1 is 1.30 bits per heavy atom. The molecular weight excluding hydrogens is 337 g/mol. The zero-order chi connectivity index (χ0) is 16.4. The van der Waals surface area contributed by atoms with Gasteiger partial charge in [-0.05, 0) is 30.3 Å². The molecule has 23 heavy (non-hydrogen) atoms. The van der Waals surface area contributed by atoms with E-state index in [4.69, 9.17) is 23.2 Å². The van der Waals surface area contributed by atoms with Gasteiger partial charge >= 0.3 is 0 Å². The fourth-order valence-corrected chi connectivity index (χ4v) is 2.47. The molecule has 1 atom stereocenters. The van der Waals surface area contributed by atoms with Crippen molar-refractivity contribution in [2.24, 2.45) is 11.0 Å². The molecule has 0 saturated heterocycles. The number of anilines is 1. The highest BCUT2D eigenvalue weighted by Gasteiger charge is 2.26. The molecule has 1 aromatic heterocycles. The summed E-state index contributed by atoms with van der Waals surface area (Å²) in [4.78, 5) is 12.1. The lowest BCUT2D eigenvalue weighted by Gasteiger charge is -2.14. The van der Waals surface area contributed by atoms with E-state index >= 15 is 0 Å². The van der Waals surface area contributed by atoms with Gasteiger partial charge in [-0.3, -0.25) is 9.80 Å². The van der Waals surface area contributed by atoms with Crippen LogP contribution in [0.2, 0.25) is 10.0 Å². The van der Waals surface area contributed by atoms with Gasteiger partial charge in [-0.2, -0.15) is 10.2 Å².